The molecule has 0 radical (unpaired) electrons. The highest BCUT2D eigenvalue weighted by Gasteiger charge is 2.19. The van der Waals surface area contributed by atoms with Crippen molar-refractivity contribution in [2.75, 3.05) is 10.0 Å². The average Bonchev–Trinajstić information content (AvgIpc) is 2.78. The van der Waals surface area contributed by atoms with Crippen molar-refractivity contribution in [2.45, 2.75) is 82.8 Å². The maximum Gasteiger partial charge on any atom is 0.319 e. The van der Waals surface area contributed by atoms with Gasteiger partial charge >= 0.3 is 6.03 Å². The minimum absolute atomic E-state index is 0.0240. The summed E-state index contributed by atoms with van der Waals surface area (Å²) in [4.78, 5) is 12.1. The van der Waals surface area contributed by atoms with Crippen LogP contribution in [0.1, 0.15) is 64.9 Å². The standard InChI is InChI=1S/C26H38N4O3S/c1-19(2)28-26(31)29-23-13-9-14-24(17-23)34(32,33)30-25-15-8-7-12-22(25)18-27-20(3)16-21-10-5-4-6-11-21/h7-9,12-15,17,19-21,27,30H,4-6,10-11,16,18H2,1-3H3,(H2,28,29,31)/t20-/m0/s1. The molecule has 0 spiro atoms. The molecule has 34 heavy (non-hydrogen) atoms. The molecule has 0 bridgehead atoms. The van der Waals surface area contributed by atoms with Gasteiger partial charge in [-0.2, -0.15) is 0 Å². The van der Waals surface area contributed by atoms with Crippen LogP contribution < -0.4 is 20.7 Å². The fourth-order valence-corrected chi connectivity index (χ4v) is 5.58. The van der Waals surface area contributed by atoms with Crippen LogP contribution in [0.15, 0.2) is 53.4 Å². The van der Waals surface area contributed by atoms with E-state index in [0.29, 0.717) is 24.0 Å². The summed E-state index contributed by atoms with van der Waals surface area (Å²) in [6, 6.07) is 13.7. The summed E-state index contributed by atoms with van der Waals surface area (Å²) in [6.07, 6.45) is 7.81. The lowest BCUT2D eigenvalue weighted by atomic mass is 9.85. The molecular weight excluding hydrogens is 448 g/mol. The number of benzene rings is 2. The molecular formula is C26H38N4O3S. The van der Waals surface area contributed by atoms with Gasteiger partial charge in [0, 0.05) is 24.3 Å². The van der Waals surface area contributed by atoms with E-state index in [4.69, 9.17) is 0 Å². The van der Waals surface area contributed by atoms with Gasteiger partial charge in [-0.25, -0.2) is 13.2 Å². The molecule has 1 aliphatic rings. The number of nitrogens with one attached hydrogen (secondary N) is 4. The fraction of sp³-hybridized carbons (Fsp3) is 0.500. The van der Waals surface area contributed by atoms with Crippen LogP contribution in [0.4, 0.5) is 16.2 Å². The topological polar surface area (TPSA) is 99.3 Å². The molecule has 4 N–H and O–H groups in total. The minimum Gasteiger partial charge on any atom is -0.336 e. The van der Waals surface area contributed by atoms with Crippen molar-refractivity contribution >= 4 is 27.4 Å². The van der Waals surface area contributed by atoms with E-state index < -0.39 is 10.0 Å². The van der Waals surface area contributed by atoms with Crippen LogP contribution in [0, 0.1) is 5.92 Å². The summed E-state index contributed by atoms with van der Waals surface area (Å²) in [7, 11) is -3.83. The Bertz CT molecular complexity index is 1050. The van der Waals surface area contributed by atoms with Crippen molar-refractivity contribution in [1.82, 2.24) is 10.6 Å². The third kappa shape index (κ3) is 8.02. The van der Waals surface area contributed by atoms with E-state index in [1.807, 2.05) is 32.0 Å². The summed E-state index contributed by atoms with van der Waals surface area (Å²) >= 11 is 0. The quantitative estimate of drug-likeness (QED) is 0.358. The van der Waals surface area contributed by atoms with Gasteiger partial charge in [-0.3, -0.25) is 4.72 Å². The zero-order valence-corrected chi connectivity index (χ0v) is 21.3. The van der Waals surface area contributed by atoms with Crippen LogP contribution in [0.3, 0.4) is 0 Å². The predicted molar refractivity (Wildman–Crippen MR) is 138 cm³/mol. The Morgan fingerprint density at radius 2 is 1.74 bits per heavy atom. The number of amides is 2. The first-order valence-electron chi connectivity index (χ1n) is 12.2. The highest BCUT2D eigenvalue weighted by molar-refractivity contribution is 7.92. The molecule has 0 saturated heterocycles. The van der Waals surface area contributed by atoms with Gasteiger partial charge in [0.25, 0.3) is 10.0 Å². The van der Waals surface area contributed by atoms with Crippen molar-refractivity contribution in [3.05, 3.63) is 54.1 Å². The maximum absolute atomic E-state index is 13.1. The van der Waals surface area contributed by atoms with Crippen LogP contribution in [-0.4, -0.2) is 26.5 Å². The summed E-state index contributed by atoms with van der Waals surface area (Å²) in [6.45, 7) is 6.50. The van der Waals surface area contributed by atoms with Crippen molar-refractivity contribution in [2.24, 2.45) is 5.92 Å². The largest absolute Gasteiger partial charge is 0.336 e. The maximum atomic E-state index is 13.1. The number of carbonyl (C=O) groups excluding carboxylic acids is 1. The second kappa shape index (κ2) is 12.2. The molecule has 2 aromatic rings. The molecule has 1 atom stereocenters. The summed E-state index contributed by atoms with van der Waals surface area (Å²) in [5, 5.41) is 8.97. The van der Waals surface area contributed by atoms with Gasteiger partial charge in [0.2, 0.25) is 0 Å². The molecule has 8 heteroatoms. The smallest absolute Gasteiger partial charge is 0.319 e. The molecule has 7 nitrogen and oxygen atoms in total. The van der Waals surface area contributed by atoms with Crippen molar-refractivity contribution in [1.29, 1.82) is 0 Å². The lowest BCUT2D eigenvalue weighted by molar-refractivity contribution is 0.250. The van der Waals surface area contributed by atoms with E-state index in [1.54, 1.807) is 18.2 Å². The Balaban J connectivity index is 1.64. The van der Waals surface area contributed by atoms with E-state index in [-0.39, 0.29) is 17.0 Å². The summed E-state index contributed by atoms with van der Waals surface area (Å²) < 4.78 is 28.9. The van der Waals surface area contributed by atoms with Gasteiger partial charge in [-0.15, -0.1) is 0 Å². The number of hydrogen-bond donors (Lipinski definition) is 4. The first kappa shape index (κ1) is 26.0. The van der Waals surface area contributed by atoms with Crippen LogP contribution in [0.5, 0.6) is 0 Å². The Hall–Kier alpha value is -2.58. The van der Waals surface area contributed by atoms with E-state index in [1.165, 1.54) is 44.2 Å². The van der Waals surface area contributed by atoms with E-state index >= 15 is 0 Å². The molecule has 0 aromatic heterocycles. The van der Waals surface area contributed by atoms with Gasteiger partial charge in [0.15, 0.2) is 0 Å². The predicted octanol–water partition coefficient (Wildman–Crippen LogP) is 5.47. The molecule has 1 fully saturated rings. The van der Waals surface area contributed by atoms with Gasteiger partial charge in [0.1, 0.15) is 0 Å². The second-order valence-corrected chi connectivity index (χ2v) is 11.2. The highest BCUT2D eigenvalue weighted by Crippen LogP contribution is 2.28. The van der Waals surface area contributed by atoms with Crippen LogP contribution in [-0.2, 0) is 16.6 Å². The molecule has 0 aliphatic heterocycles. The SMILES string of the molecule is CC(C)NC(=O)Nc1cccc(S(=O)(=O)Nc2ccccc2CN[C@@H](C)CC2CCCCC2)c1. The Labute approximate surface area is 204 Å². The number of sulfonamides is 1. The monoisotopic (exact) mass is 486 g/mol. The van der Waals surface area contributed by atoms with Crippen molar-refractivity contribution < 1.29 is 13.2 Å². The molecule has 2 amide bonds. The highest BCUT2D eigenvalue weighted by atomic mass is 32.2. The van der Waals surface area contributed by atoms with Crippen LogP contribution in [0.2, 0.25) is 0 Å². The molecule has 3 rings (SSSR count). The Kier molecular flexibility index (Phi) is 9.36. The first-order valence-corrected chi connectivity index (χ1v) is 13.7. The minimum atomic E-state index is -3.83. The van der Waals surface area contributed by atoms with Crippen molar-refractivity contribution in [3.8, 4) is 0 Å². The van der Waals surface area contributed by atoms with Crippen LogP contribution >= 0.6 is 0 Å². The number of carbonyl (C=O) groups is 1. The van der Waals surface area contributed by atoms with Gasteiger partial charge in [0.05, 0.1) is 10.6 Å². The lowest BCUT2D eigenvalue weighted by Crippen LogP contribution is -2.34. The normalized spacial score (nSPS) is 15.6. The number of urea groups is 1. The molecule has 0 heterocycles. The number of hydrogen-bond acceptors (Lipinski definition) is 4. The second-order valence-electron chi connectivity index (χ2n) is 9.57. The lowest BCUT2D eigenvalue weighted by Gasteiger charge is -2.25. The van der Waals surface area contributed by atoms with Gasteiger partial charge < -0.3 is 16.0 Å². The van der Waals surface area contributed by atoms with Crippen LogP contribution in [0.25, 0.3) is 0 Å². The van der Waals surface area contributed by atoms with E-state index in [2.05, 4.69) is 27.6 Å². The number of rotatable bonds is 10. The average molecular weight is 487 g/mol. The van der Waals surface area contributed by atoms with E-state index in [9.17, 15) is 13.2 Å². The molecule has 2 aromatic carbocycles. The van der Waals surface area contributed by atoms with Gasteiger partial charge in [-0.05, 0) is 62.9 Å². The zero-order chi connectivity index (χ0) is 24.6. The Morgan fingerprint density at radius 3 is 2.47 bits per heavy atom. The zero-order valence-electron chi connectivity index (χ0n) is 20.4. The van der Waals surface area contributed by atoms with Gasteiger partial charge in [-0.1, -0.05) is 56.4 Å². The third-order valence-corrected chi connectivity index (χ3v) is 7.50. The number of anilines is 2. The summed E-state index contributed by atoms with van der Waals surface area (Å²) in [5.74, 6) is 0.786. The van der Waals surface area contributed by atoms with Crippen molar-refractivity contribution in [3.63, 3.8) is 0 Å². The Morgan fingerprint density at radius 1 is 1.00 bits per heavy atom. The molecule has 1 aliphatic carbocycles. The fourth-order valence-electron chi connectivity index (χ4n) is 4.44. The van der Waals surface area contributed by atoms with E-state index in [0.717, 1.165) is 17.9 Å². The molecule has 1 saturated carbocycles. The summed E-state index contributed by atoms with van der Waals surface area (Å²) in [5.41, 5.74) is 1.86. The molecule has 0 unspecified atom stereocenters. The first-order chi connectivity index (χ1) is 16.2. The molecule has 186 valence electrons. The number of para-hydroxylation sites is 1. The third-order valence-electron chi connectivity index (χ3n) is 6.14.